The Hall–Kier alpha value is -4.54. The fraction of sp³-hybridized carbons (Fsp3) is 0.389. The highest BCUT2D eigenvalue weighted by atomic mass is 16.8. The number of hydrogen-bond donors (Lipinski definition) is 1. The maximum atomic E-state index is 14.1. The van der Waals surface area contributed by atoms with E-state index in [1.165, 1.54) is 19.2 Å². The van der Waals surface area contributed by atoms with E-state index in [4.69, 9.17) is 37.9 Å². The molecule has 3 fully saturated rings. The molecule has 0 aromatic heterocycles. The van der Waals surface area contributed by atoms with Crippen LogP contribution >= 0.6 is 0 Å². The zero-order chi connectivity index (χ0) is 35.4. The summed E-state index contributed by atoms with van der Waals surface area (Å²) >= 11 is 0. The highest BCUT2D eigenvalue weighted by Gasteiger charge is 2.61. The number of esters is 3. The van der Waals surface area contributed by atoms with E-state index in [-0.39, 0.29) is 17.7 Å². The number of rotatable bonds is 11. The van der Waals surface area contributed by atoms with E-state index in [2.05, 4.69) is 0 Å². The zero-order valence-corrected chi connectivity index (χ0v) is 27.5. The van der Waals surface area contributed by atoms with E-state index < -0.39 is 85.2 Å². The molecule has 50 heavy (non-hydrogen) atoms. The van der Waals surface area contributed by atoms with Gasteiger partial charge in [-0.15, -0.1) is 0 Å². The van der Waals surface area contributed by atoms with Crippen molar-refractivity contribution in [1.82, 2.24) is 5.06 Å². The molecule has 3 aliphatic heterocycles. The normalized spacial score (nSPS) is 28.5. The number of nitrogens with zero attached hydrogens (tertiary/aromatic N) is 1. The topological polar surface area (TPSA) is 166 Å². The van der Waals surface area contributed by atoms with E-state index in [0.29, 0.717) is 5.56 Å². The quantitative estimate of drug-likeness (QED) is 0.177. The van der Waals surface area contributed by atoms with Crippen LogP contribution in [0.15, 0.2) is 91.0 Å². The molecule has 0 radical (unpaired) electrons. The van der Waals surface area contributed by atoms with Crippen molar-refractivity contribution in [1.29, 1.82) is 0 Å². The smallest absolute Gasteiger partial charge is 0.338 e. The SMILES string of the molecule is COC1OC(COC(=O)c2ccccc2)C(=O)C(OC(=O)c2ccccc2)C1N(O)C1C(COC(=O)c2ccccc2)OC2OC(C)(C)OC21. The summed E-state index contributed by atoms with van der Waals surface area (Å²) in [6, 6.07) is 21.8. The molecular formula is C36H37NO13. The minimum absolute atomic E-state index is 0.139. The molecule has 8 atom stereocenters. The first-order chi connectivity index (χ1) is 24.1. The number of hydrogen-bond acceptors (Lipinski definition) is 14. The zero-order valence-electron chi connectivity index (χ0n) is 27.5. The van der Waals surface area contributed by atoms with Crippen LogP contribution in [0.1, 0.15) is 44.9 Å². The molecule has 14 heteroatoms. The Balaban J connectivity index is 1.28. The number of fused-ring (bicyclic) bond motifs is 1. The van der Waals surface area contributed by atoms with Crippen molar-refractivity contribution in [2.24, 2.45) is 0 Å². The van der Waals surface area contributed by atoms with Crippen LogP contribution < -0.4 is 0 Å². The second kappa shape index (κ2) is 15.1. The first-order valence-corrected chi connectivity index (χ1v) is 16.0. The van der Waals surface area contributed by atoms with Gasteiger partial charge in [-0.25, -0.2) is 14.4 Å². The number of Topliss-reactive ketones (excluding diaryl/α,β-unsaturated/α-hetero) is 1. The van der Waals surface area contributed by atoms with E-state index in [1.807, 2.05) is 0 Å². The van der Waals surface area contributed by atoms with Crippen LogP contribution in [-0.2, 0) is 42.7 Å². The third-order valence-electron chi connectivity index (χ3n) is 8.45. The first-order valence-electron chi connectivity index (χ1n) is 16.0. The van der Waals surface area contributed by atoms with Crippen molar-refractivity contribution in [3.8, 4) is 0 Å². The van der Waals surface area contributed by atoms with Gasteiger partial charge < -0.3 is 43.1 Å². The number of hydroxylamine groups is 2. The molecule has 14 nitrogen and oxygen atoms in total. The number of ketones is 1. The van der Waals surface area contributed by atoms with Gasteiger partial charge in [0.2, 0.25) is 5.78 Å². The third-order valence-corrected chi connectivity index (χ3v) is 8.45. The molecule has 6 rings (SSSR count). The van der Waals surface area contributed by atoms with Crippen molar-refractivity contribution >= 4 is 23.7 Å². The third kappa shape index (κ3) is 7.61. The molecule has 1 N–H and O–H groups in total. The summed E-state index contributed by atoms with van der Waals surface area (Å²) in [7, 11) is 1.27. The lowest BCUT2D eigenvalue weighted by Gasteiger charge is -2.44. The second-order valence-corrected chi connectivity index (χ2v) is 12.3. The van der Waals surface area contributed by atoms with Crippen LogP contribution in [-0.4, -0.2) is 109 Å². The predicted molar refractivity (Wildman–Crippen MR) is 170 cm³/mol. The van der Waals surface area contributed by atoms with E-state index in [0.717, 1.165) is 5.06 Å². The molecule has 8 unspecified atom stereocenters. The molecule has 3 aliphatic rings. The molecule has 3 heterocycles. The monoisotopic (exact) mass is 691 g/mol. The average Bonchev–Trinajstić information content (AvgIpc) is 3.61. The van der Waals surface area contributed by atoms with Gasteiger partial charge in [0.05, 0.1) is 22.7 Å². The maximum Gasteiger partial charge on any atom is 0.338 e. The Morgan fingerprint density at radius 1 is 0.740 bits per heavy atom. The van der Waals surface area contributed by atoms with E-state index >= 15 is 0 Å². The van der Waals surface area contributed by atoms with Crippen LogP contribution in [0.2, 0.25) is 0 Å². The first kappa shape index (κ1) is 35.3. The van der Waals surface area contributed by atoms with Gasteiger partial charge in [-0.3, -0.25) is 4.79 Å². The number of methoxy groups -OCH3 is 1. The van der Waals surface area contributed by atoms with Crippen LogP contribution in [0.4, 0.5) is 0 Å². The highest BCUT2D eigenvalue weighted by Crippen LogP contribution is 2.41. The summed E-state index contributed by atoms with van der Waals surface area (Å²) in [5, 5.41) is 12.8. The summed E-state index contributed by atoms with van der Waals surface area (Å²) in [5.41, 5.74) is 0.691. The average molecular weight is 692 g/mol. The number of ether oxygens (including phenoxy) is 8. The summed E-state index contributed by atoms with van der Waals surface area (Å²) in [4.78, 5) is 53.0. The molecule has 3 saturated heterocycles. The van der Waals surface area contributed by atoms with Gasteiger partial charge in [0.25, 0.3) is 0 Å². The lowest BCUT2D eigenvalue weighted by Crippen LogP contribution is -2.67. The summed E-state index contributed by atoms with van der Waals surface area (Å²) in [5.74, 6) is -4.13. The molecule has 3 aromatic rings. The Morgan fingerprint density at radius 2 is 1.26 bits per heavy atom. The van der Waals surface area contributed by atoms with Crippen molar-refractivity contribution in [3.63, 3.8) is 0 Å². The van der Waals surface area contributed by atoms with Gasteiger partial charge in [0.1, 0.15) is 31.5 Å². The Kier molecular flexibility index (Phi) is 10.7. The van der Waals surface area contributed by atoms with Crippen LogP contribution in [0.3, 0.4) is 0 Å². The molecule has 0 amide bonds. The molecule has 0 spiro atoms. The molecule has 0 saturated carbocycles. The Bertz CT molecular complexity index is 1650. The molecule has 264 valence electrons. The molecule has 3 aromatic carbocycles. The van der Waals surface area contributed by atoms with Gasteiger partial charge in [-0.2, -0.15) is 5.06 Å². The van der Waals surface area contributed by atoms with Crippen molar-refractivity contribution < 1.29 is 62.3 Å². The number of carbonyl (C=O) groups is 4. The Labute approximate surface area is 287 Å². The molecule has 0 aliphatic carbocycles. The fourth-order valence-corrected chi connectivity index (χ4v) is 6.11. The summed E-state index contributed by atoms with van der Waals surface area (Å²) < 4.78 is 46.4. The van der Waals surface area contributed by atoms with E-state index in [1.54, 1.807) is 92.7 Å². The van der Waals surface area contributed by atoms with Crippen LogP contribution in [0.5, 0.6) is 0 Å². The van der Waals surface area contributed by atoms with Crippen molar-refractivity contribution in [2.75, 3.05) is 20.3 Å². The van der Waals surface area contributed by atoms with Crippen molar-refractivity contribution in [3.05, 3.63) is 108 Å². The van der Waals surface area contributed by atoms with Gasteiger partial charge in [0, 0.05) is 7.11 Å². The summed E-state index contributed by atoms with van der Waals surface area (Å²) in [6.07, 6.45) is -7.59. The minimum Gasteiger partial charge on any atom is -0.459 e. The second-order valence-electron chi connectivity index (χ2n) is 12.3. The van der Waals surface area contributed by atoms with Crippen molar-refractivity contribution in [2.45, 2.75) is 68.7 Å². The maximum absolute atomic E-state index is 14.1. The number of carbonyl (C=O) groups excluding carboxylic acids is 4. The fourth-order valence-electron chi connectivity index (χ4n) is 6.11. The Morgan fingerprint density at radius 3 is 1.80 bits per heavy atom. The van der Waals surface area contributed by atoms with Gasteiger partial charge in [0.15, 0.2) is 30.6 Å². The lowest BCUT2D eigenvalue weighted by atomic mass is 9.95. The molecular weight excluding hydrogens is 654 g/mol. The van der Waals surface area contributed by atoms with Gasteiger partial charge >= 0.3 is 17.9 Å². The summed E-state index contributed by atoms with van der Waals surface area (Å²) in [6.45, 7) is 2.44. The van der Waals surface area contributed by atoms with Gasteiger partial charge in [-0.05, 0) is 50.2 Å². The largest absolute Gasteiger partial charge is 0.459 e. The predicted octanol–water partition coefficient (Wildman–Crippen LogP) is 3.17. The number of benzene rings is 3. The van der Waals surface area contributed by atoms with Gasteiger partial charge in [-0.1, -0.05) is 54.6 Å². The van der Waals surface area contributed by atoms with Crippen LogP contribution in [0.25, 0.3) is 0 Å². The standard InChI is InChI=1S/C36H37NO13/c1-36(2)49-30-26(24(46-35(30)50-36)19-44-31(39)21-13-7-4-8-14-21)37(42)27-29(48-33(41)23-17-11-6-12-18-23)28(38)25(47-34(27)43-3)20-45-32(40)22-15-9-5-10-16-22/h4-18,24-27,29-30,34-35,42H,19-20H2,1-3H3. The molecule has 0 bridgehead atoms. The highest BCUT2D eigenvalue weighted by molar-refractivity contribution is 5.95. The minimum atomic E-state index is -1.71. The lowest BCUT2D eigenvalue weighted by molar-refractivity contribution is -0.301. The van der Waals surface area contributed by atoms with Crippen LogP contribution in [0, 0.1) is 0 Å². The van der Waals surface area contributed by atoms with E-state index in [9.17, 15) is 24.4 Å².